The van der Waals surface area contributed by atoms with Gasteiger partial charge in [0.25, 0.3) is 0 Å². The number of rotatable bonds is 2. The quantitative estimate of drug-likeness (QED) is 0.790. The molecule has 1 amide bonds. The normalized spacial score (nSPS) is 43.7. The van der Waals surface area contributed by atoms with Crippen LogP contribution >= 0.6 is 0 Å². The minimum atomic E-state index is -0.227. The molecule has 3 nitrogen and oxygen atoms in total. The lowest BCUT2D eigenvalue weighted by Crippen LogP contribution is -2.47. The molecule has 3 rings (SSSR count). The maximum atomic E-state index is 12.0. The molecule has 3 aliphatic carbocycles. The van der Waals surface area contributed by atoms with E-state index in [4.69, 9.17) is 0 Å². The molecule has 0 aromatic rings. The molecular formula is C15H25NO2. The van der Waals surface area contributed by atoms with Crippen LogP contribution in [0.3, 0.4) is 0 Å². The molecular weight excluding hydrogens is 226 g/mol. The number of amides is 1. The fourth-order valence-corrected chi connectivity index (χ4v) is 4.13. The van der Waals surface area contributed by atoms with Gasteiger partial charge in [-0.15, -0.1) is 0 Å². The molecule has 3 fully saturated rings. The van der Waals surface area contributed by atoms with Gasteiger partial charge in [0.15, 0.2) is 0 Å². The van der Waals surface area contributed by atoms with Gasteiger partial charge in [-0.2, -0.15) is 0 Å². The summed E-state index contributed by atoms with van der Waals surface area (Å²) in [5, 5.41) is 12.5. The van der Waals surface area contributed by atoms with Crippen molar-refractivity contribution in [2.24, 2.45) is 17.8 Å². The van der Waals surface area contributed by atoms with Crippen LogP contribution in [0.5, 0.6) is 0 Å². The first-order valence-electron chi connectivity index (χ1n) is 7.71. The van der Waals surface area contributed by atoms with Crippen molar-refractivity contribution in [1.82, 2.24) is 5.32 Å². The molecule has 0 aliphatic heterocycles. The summed E-state index contributed by atoms with van der Waals surface area (Å²) in [6.07, 6.45) is 10.4. The van der Waals surface area contributed by atoms with Crippen molar-refractivity contribution in [3.05, 3.63) is 0 Å². The first-order chi connectivity index (χ1) is 8.72. The van der Waals surface area contributed by atoms with Gasteiger partial charge in [-0.25, -0.2) is 0 Å². The SMILES string of the molecule is O=C(NC1CCC2CCCCC2C1)C1CC(O)C1. The van der Waals surface area contributed by atoms with Gasteiger partial charge in [-0.05, 0) is 43.9 Å². The summed E-state index contributed by atoms with van der Waals surface area (Å²) in [7, 11) is 0. The molecule has 0 radical (unpaired) electrons. The molecule has 0 aromatic carbocycles. The van der Waals surface area contributed by atoms with Crippen molar-refractivity contribution in [3.63, 3.8) is 0 Å². The van der Waals surface area contributed by atoms with Crippen molar-refractivity contribution in [1.29, 1.82) is 0 Å². The largest absolute Gasteiger partial charge is 0.393 e. The van der Waals surface area contributed by atoms with Crippen LogP contribution in [0.25, 0.3) is 0 Å². The zero-order valence-electron chi connectivity index (χ0n) is 11.1. The Kier molecular flexibility index (Phi) is 3.60. The van der Waals surface area contributed by atoms with Crippen LogP contribution in [0.15, 0.2) is 0 Å². The Labute approximate surface area is 109 Å². The summed E-state index contributed by atoms with van der Waals surface area (Å²) in [5.41, 5.74) is 0. The number of fused-ring (bicyclic) bond motifs is 1. The van der Waals surface area contributed by atoms with Crippen molar-refractivity contribution in [2.45, 2.75) is 69.9 Å². The highest BCUT2D eigenvalue weighted by Crippen LogP contribution is 2.40. The summed E-state index contributed by atoms with van der Waals surface area (Å²) < 4.78 is 0. The van der Waals surface area contributed by atoms with Crippen molar-refractivity contribution < 1.29 is 9.90 Å². The van der Waals surface area contributed by atoms with E-state index in [0.717, 1.165) is 11.8 Å². The summed E-state index contributed by atoms with van der Waals surface area (Å²) in [6, 6.07) is 0.412. The fraction of sp³-hybridized carbons (Fsp3) is 0.933. The van der Waals surface area contributed by atoms with Crippen LogP contribution in [-0.2, 0) is 4.79 Å². The number of aliphatic hydroxyl groups is 1. The maximum absolute atomic E-state index is 12.0. The molecule has 3 atom stereocenters. The molecule has 3 unspecified atom stereocenters. The number of carbonyl (C=O) groups excluding carboxylic acids is 1. The first kappa shape index (κ1) is 12.5. The zero-order valence-corrected chi connectivity index (χ0v) is 11.1. The van der Waals surface area contributed by atoms with E-state index in [0.29, 0.717) is 18.9 Å². The second kappa shape index (κ2) is 5.20. The lowest BCUT2D eigenvalue weighted by atomic mass is 9.69. The van der Waals surface area contributed by atoms with Gasteiger partial charge in [-0.1, -0.05) is 25.7 Å². The van der Waals surface area contributed by atoms with Gasteiger partial charge in [0.05, 0.1) is 6.10 Å². The highest BCUT2D eigenvalue weighted by atomic mass is 16.3. The van der Waals surface area contributed by atoms with Crippen molar-refractivity contribution >= 4 is 5.91 Å². The Morgan fingerprint density at radius 3 is 2.39 bits per heavy atom. The predicted molar refractivity (Wildman–Crippen MR) is 70.0 cm³/mol. The highest BCUT2D eigenvalue weighted by Gasteiger charge is 2.36. The molecule has 3 heteroatoms. The fourth-order valence-electron chi connectivity index (χ4n) is 4.13. The minimum absolute atomic E-state index is 0.0871. The van der Waals surface area contributed by atoms with E-state index < -0.39 is 0 Å². The Bertz CT molecular complexity index is 312. The molecule has 2 N–H and O–H groups in total. The predicted octanol–water partition coefficient (Wildman–Crippen LogP) is 2.23. The van der Waals surface area contributed by atoms with Gasteiger partial charge in [0.1, 0.15) is 0 Å². The molecule has 102 valence electrons. The zero-order chi connectivity index (χ0) is 12.5. The second-order valence-electron chi connectivity index (χ2n) is 6.65. The Hall–Kier alpha value is -0.570. The van der Waals surface area contributed by atoms with Crippen molar-refractivity contribution in [2.75, 3.05) is 0 Å². The summed E-state index contributed by atoms with van der Waals surface area (Å²) >= 11 is 0. The maximum Gasteiger partial charge on any atom is 0.223 e. The average molecular weight is 251 g/mol. The summed E-state index contributed by atoms with van der Waals surface area (Å²) in [5.74, 6) is 2.09. The standard InChI is InChI=1S/C15H25NO2/c17-14-8-12(9-14)15(18)16-13-6-5-10-3-1-2-4-11(10)7-13/h10-14,17H,1-9H2,(H,16,18). The molecule has 0 heterocycles. The van der Waals surface area contributed by atoms with Crippen LogP contribution in [0.1, 0.15) is 57.8 Å². The third kappa shape index (κ3) is 2.56. The van der Waals surface area contributed by atoms with Gasteiger partial charge in [0.2, 0.25) is 5.91 Å². The van der Waals surface area contributed by atoms with Crippen LogP contribution in [0.4, 0.5) is 0 Å². The molecule has 18 heavy (non-hydrogen) atoms. The van der Waals surface area contributed by atoms with Crippen LogP contribution in [0, 0.1) is 17.8 Å². The van der Waals surface area contributed by atoms with E-state index >= 15 is 0 Å². The minimum Gasteiger partial charge on any atom is -0.393 e. The Morgan fingerprint density at radius 2 is 1.67 bits per heavy atom. The van der Waals surface area contributed by atoms with E-state index in [9.17, 15) is 9.90 Å². The second-order valence-corrected chi connectivity index (χ2v) is 6.65. The molecule has 0 aromatic heterocycles. The molecule has 0 saturated heterocycles. The highest BCUT2D eigenvalue weighted by molar-refractivity contribution is 5.79. The van der Waals surface area contributed by atoms with Crippen LogP contribution < -0.4 is 5.32 Å². The van der Waals surface area contributed by atoms with Gasteiger partial charge >= 0.3 is 0 Å². The van der Waals surface area contributed by atoms with Gasteiger partial charge in [0, 0.05) is 12.0 Å². The first-order valence-corrected chi connectivity index (χ1v) is 7.71. The molecule has 3 aliphatic rings. The molecule has 0 bridgehead atoms. The molecule has 0 spiro atoms. The number of aliphatic hydroxyl groups excluding tert-OH is 1. The van der Waals surface area contributed by atoms with Crippen LogP contribution in [0.2, 0.25) is 0 Å². The number of hydrogen-bond donors (Lipinski definition) is 2. The van der Waals surface area contributed by atoms with E-state index in [2.05, 4.69) is 5.32 Å². The van der Waals surface area contributed by atoms with E-state index in [1.807, 2.05) is 0 Å². The third-order valence-corrected chi connectivity index (χ3v) is 5.37. The average Bonchev–Trinajstić information content (AvgIpc) is 2.35. The lowest BCUT2D eigenvalue weighted by Gasteiger charge is -2.40. The number of carbonyl (C=O) groups is 1. The van der Waals surface area contributed by atoms with Gasteiger partial charge in [-0.3, -0.25) is 4.79 Å². The van der Waals surface area contributed by atoms with E-state index in [1.165, 1.54) is 44.9 Å². The van der Waals surface area contributed by atoms with Crippen molar-refractivity contribution in [3.8, 4) is 0 Å². The smallest absolute Gasteiger partial charge is 0.223 e. The molecule has 3 saturated carbocycles. The Morgan fingerprint density at radius 1 is 0.944 bits per heavy atom. The van der Waals surface area contributed by atoms with E-state index in [-0.39, 0.29) is 17.9 Å². The summed E-state index contributed by atoms with van der Waals surface area (Å²) in [6.45, 7) is 0. The van der Waals surface area contributed by atoms with Gasteiger partial charge < -0.3 is 10.4 Å². The van der Waals surface area contributed by atoms with Crippen LogP contribution in [-0.4, -0.2) is 23.2 Å². The lowest BCUT2D eigenvalue weighted by molar-refractivity contribution is -0.132. The third-order valence-electron chi connectivity index (χ3n) is 5.37. The number of hydrogen-bond acceptors (Lipinski definition) is 2. The van der Waals surface area contributed by atoms with E-state index in [1.54, 1.807) is 0 Å². The Balaban J connectivity index is 1.47. The monoisotopic (exact) mass is 251 g/mol. The number of nitrogens with one attached hydrogen (secondary N) is 1. The topological polar surface area (TPSA) is 49.3 Å². The summed E-state index contributed by atoms with van der Waals surface area (Å²) in [4.78, 5) is 12.0.